The minimum Gasteiger partial charge on any atom is -0.310 e. The Balaban J connectivity index is 2.27. The summed E-state index contributed by atoms with van der Waals surface area (Å²) >= 11 is 0. The number of rotatable bonds is 5. The molecule has 2 aromatic rings. The molecule has 0 saturated carbocycles. The maximum absolute atomic E-state index is 4.48. The third kappa shape index (κ3) is 3.42. The average Bonchev–Trinajstić information content (AvgIpc) is 2.46. The summed E-state index contributed by atoms with van der Waals surface area (Å²) in [5, 5.41) is 3.58. The Morgan fingerprint density at radius 3 is 2.42 bits per heavy atom. The van der Waals surface area contributed by atoms with Crippen LogP contribution in [0.4, 0.5) is 0 Å². The molecule has 19 heavy (non-hydrogen) atoms. The molecule has 0 aliphatic heterocycles. The zero-order valence-electron chi connectivity index (χ0n) is 11.9. The fourth-order valence-corrected chi connectivity index (χ4v) is 2.39. The van der Waals surface area contributed by atoms with Gasteiger partial charge >= 0.3 is 0 Å². The normalized spacial score (nSPS) is 14.1. The van der Waals surface area contributed by atoms with Crippen LogP contribution in [0.2, 0.25) is 0 Å². The van der Waals surface area contributed by atoms with E-state index in [1.54, 1.807) is 0 Å². The van der Waals surface area contributed by atoms with Crippen LogP contribution in [0.1, 0.15) is 42.6 Å². The van der Waals surface area contributed by atoms with Gasteiger partial charge in [-0.1, -0.05) is 49.7 Å². The number of nitrogens with one attached hydrogen (secondary N) is 1. The highest BCUT2D eigenvalue weighted by atomic mass is 14.9. The minimum absolute atomic E-state index is 0.306. The van der Waals surface area contributed by atoms with E-state index in [-0.39, 0.29) is 0 Å². The predicted molar refractivity (Wildman–Crippen MR) is 80.2 cm³/mol. The second kappa shape index (κ2) is 6.48. The molecule has 2 nitrogen and oxygen atoms in total. The summed E-state index contributed by atoms with van der Waals surface area (Å²) in [5.41, 5.74) is 3.75. The van der Waals surface area contributed by atoms with Gasteiger partial charge in [-0.15, -0.1) is 0 Å². The molecule has 2 unspecified atom stereocenters. The number of pyridine rings is 1. The Bertz CT molecular complexity index is 490. The fourth-order valence-electron chi connectivity index (χ4n) is 2.39. The van der Waals surface area contributed by atoms with Crippen molar-refractivity contribution < 1.29 is 0 Å². The molecule has 0 saturated heterocycles. The molecule has 0 bridgehead atoms. The third-order valence-corrected chi connectivity index (χ3v) is 3.51. The first-order valence-electron chi connectivity index (χ1n) is 6.93. The van der Waals surface area contributed by atoms with Gasteiger partial charge in [0, 0.05) is 23.9 Å². The summed E-state index contributed by atoms with van der Waals surface area (Å²) in [6.45, 7) is 7.45. The van der Waals surface area contributed by atoms with Crippen molar-refractivity contribution in [2.24, 2.45) is 0 Å². The van der Waals surface area contributed by atoms with Crippen molar-refractivity contribution in [2.45, 2.75) is 32.7 Å². The van der Waals surface area contributed by atoms with Crippen LogP contribution < -0.4 is 5.32 Å². The van der Waals surface area contributed by atoms with Crippen LogP contribution in [0.15, 0.2) is 48.7 Å². The van der Waals surface area contributed by atoms with E-state index in [9.17, 15) is 0 Å². The lowest BCUT2D eigenvalue weighted by atomic mass is 9.91. The van der Waals surface area contributed by atoms with Crippen LogP contribution in [0.25, 0.3) is 0 Å². The zero-order valence-corrected chi connectivity index (χ0v) is 11.9. The van der Waals surface area contributed by atoms with Crippen LogP contribution in [0.5, 0.6) is 0 Å². The van der Waals surface area contributed by atoms with E-state index in [1.807, 2.05) is 12.3 Å². The van der Waals surface area contributed by atoms with Crippen LogP contribution >= 0.6 is 0 Å². The Morgan fingerprint density at radius 2 is 1.84 bits per heavy atom. The zero-order chi connectivity index (χ0) is 13.7. The van der Waals surface area contributed by atoms with Gasteiger partial charge in [-0.25, -0.2) is 0 Å². The van der Waals surface area contributed by atoms with E-state index < -0.39 is 0 Å². The molecule has 2 rings (SSSR count). The van der Waals surface area contributed by atoms with E-state index in [0.717, 1.165) is 12.2 Å². The van der Waals surface area contributed by atoms with Gasteiger partial charge in [0.2, 0.25) is 0 Å². The molecule has 2 atom stereocenters. The van der Waals surface area contributed by atoms with Crippen molar-refractivity contribution in [1.82, 2.24) is 10.3 Å². The van der Waals surface area contributed by atoms with Crippen LogP contribution in [-0.4, -0.2) is 11.5 Å². The first kappa shape index (κ1) is 13.8. The standard InChI is InChI=1S/C17H22N2/c1-4-18-17(15-10-8-13(2)9-11-15)14(3)16-7-5-6-12-19-16/h5-12,14,17-18H,4H2,1-3H3. The van der Waals surface area contributed by atoms with E-state index >= 15 is 0 Å². The van der Waals surface area contributed by atoms with Crippen LogP contribution in [0, 0.1) is 6.92 Å². The van der Waals surface area contributed by atoms with Crippen molar-refractivity contribution in [3.63, 3.8) is 0 Å². The molecule has 0 fully saturated rings. The number of aromatic nitrogens is 1. The molecule has 1 aromatic carbocycles. The average molecular weight is 254 g/mol. The highest BCUT2D eigenvalue weighted by molar-refractivity contribution is 5.27. The van der Waals surface area contributed by atoms with E-state index in [1.165, 1.54) is 11.1 Å². The molecular formula is C17H22N2. The maximum atomic E-state index is 4.48. The SMILES string of the molecule is CCNC(c1ccc(C)cc1)C(C)c1ccccn1. The van der Waals surface area contributed by atoms with Crippen LogP contribution in [-0.2, 0) is 0 Å². The summed E-state index contributed by atoms with van der Waals surface area (Å²) < 4.78 is 0. The number of aryl methyl sites for hydroxylation is 1. The van der Waals surface area contributed by atoms with Gasteiger partial charge in [0.15, 0.2) is 0 Å². The van der Waals surface area contributed by atoms with Gasteiger partial charge in [0.05, 0.1) is 0 Å². The topological polar surface area (TPSA) is 24.9 Å². The lowest BCUT2D eigenvalue weighted by molar-refractivity contribution is 0.472. The number of benzene rings is 1. The van der Waals surface area contributed by atoms with Crippen molar-refractivity contribution in [3.8, 4) is 0 Å². The molecule has 2 heteroatoms. The van der Waals surface area contributed by atoms with Crippen molar-refractivity contribution in [2.75, 3.05) is 6.54 Å². The second-order valence-corrected chi connectivity index (χ2v) is 4.99. The van der Waals surface area contributed by atoms with Gasteiger partial charge in [-0.2, -0.15) is 0 Å². The molecule has 1 aromatic heterocycles. The summed E-state index contributed by atoms with van der Waals surface area (Å²) in [5.74, 6) is 0.351. The Hall–Kier alpha value is -1.67. The molecule has 0 aliphatic rings. The summed E-state index contributed by atoms with van der Waals surface area (Å²) in [6, 6.07) is 15.2. The van der Waals surface area contributed by atoms with E-state index in [2.05, 4.69) is 67.5 Å². The highest BCUT2D eigenvalue weighted by Crippen LogP contribution is 2.29. The Kier molecular flexibility index (Phi) is 4.69. The lowest BCUT2D eigenvalue weighted by Gasteiger charge is -2.25. The van der Waals surface area contributed by atoms with Gasteiger partial charge in [-0.05, 0) is 31.2 Å². The predicted octanol–water partition coefficient (Wildman–Crippen LogP) is 3.84. The lowest BCUT2D eigenvalue weighted by Crippen LogP contribution is -2.26. The largest absolute Gasteiger partial charge is 0.310 e. The first-order chi connectivity index (χ1) is 9.22. The number of hydrogen-bond donors (Lipinski definition) is 1. The number of likely N-dealkylation sites (N-methyl/N-ethyl adjacent to an activating group) is 1. The summed E-state index contributed by atoms with van der Waals surface area (Å²) in [6.07, 6.45) is 1.87. The van der Waals surface area contributed by atoms with Gasteiger partial charge in [-0.3, -0.25) is 4.98 Å². The van der Waals surface area contributed by atoms with Crippen molar-refractivity contribution in [1.29, 1.82) is 0 Å². The molecular weight excluding hydrogens is 232 g/mol. The summed E-state index contributed by atoms with van der Waals surface area (Å²) in [4.78, 5) is 4.48. The molecule has 0 amide bonds. The molecule has 0 radical (unpaired) electrons. The molecule has 0 aliphatic carbocycles. The van der Waals surface area contributed by atoms with Crippen molar-refractivity contribution in [3.05, 3.63) is 65.5 Å². The molecule has 1 heterocycles. The molecule has 1 N–H and O–H groups in total. The Labute approximate surface area is 115 Å². The number of hydrogen-bond acceptors (Lipinski definition) is 2. The van der Waals surface area contributed by atoms with Crippen LogP contribution in [0.3, 0.4) is 0 Å². The minimum atomic E-state index is 0.306. The Morgan fingerprint density at radius 1 is 1.11 bits per heavy atom. The maximum Gasteiger partial charge on any atom is 0.0450 e. The third-order valence-electron chi connectivity index (χ3n) is 3.51. The molecule has 0 spiro atoms. The summed E-state index contributed by atoms with van der Waals surface area (Å²) in [7, 11) is 0. The van der Waals surface area contributed by atoms with Gasteiger partial charge in [0.25, 0.3) is 0 Å². The van der Waals surface area contributed by atoms with E-state index in [0.29, 0.717) is 12.0 Å². The van der Waals surface area contributed by atoms with E-state index in [4.69, 9.17) is 0 Å². The van der Waals surface area contributed by atoms with Gasteiger partial charge in [0.1, 0.15) is 0 Å². The first-order valence-corrected chi connectivity index (χ1v) is 6.93. The van der Waals surface area contributed by atoms with Crippen molar-refractivity contribution >= 4 is 0 Å². The second-order valence-electron chi connectivity index (χ2n) is 4.99. The quantitative estimate of drug-likeness (QED) is 0.876. The smallest absolute Gasteiger partial charge is 0.0450 e. The fraction of sp³-hybridized carbons (Fsp3) is 0.353. The number of nitrogens with zero attached hydrogens (tertiary/aromatic N) is 1. The highest BCUT2D eigenvalue weighted by Gasteiger charge is 2.20. The molecule has 100 valence electrons. The monoisotopic (exact) mass is 254 g/mol. The van der Waals surface area contributed by atoms with Gasteiger partial charge < -0.3 is 5.32 Å².